The van der Waals surface area contributed by atoms with Crippen molar-refractivity contribution in [1.82, 2.24) is 35.1 Å². The molecule has 1 fully saturated rings. The highest BCUT2D eigenvalue weighted by atomic mass is 16.3. The third-order valence-corrected chi connectivity index (χ3v) is 4.98. The Morgan fingerprint density at radius 3 is 3.00 bits per heavy atom. The maximum Gasteiger partial charge on any atom is 0.0876 e. The number of aliphatic hydroxyl groups excluding tert-OH is 1. The lowest BCUT2D eigenvalue weighted by molar-refractivity contribution is 0.145. The van der Waals surface area contributed by atoms with E-state index in [2.05, 4.69) is 25.7 Å². The Morgan fingerprint density at radius 2 is 2.24 bits per heavy atom. The predicted molar refractivity (Wildman–Crippen MR) is 92.4 cm³/mol. The van der Waals surface area contributed by atoms with Crippen molar-refractivity contribution in [2.24, 2.45) is 13.0 Å². The number of hydrogen-bond donors (Lipinski definition) is 3. The van der Waals surface area contributed by atoms with Crippen LogP contribution in [0.1, 0.15) is 18.4 Å². The summed E-state index contributed by atoms with van der Waals surface area (Å²) in [5, 5.41) is 29.6. The summed E-state index contributed by atoms with van der Waals surface area (Å²) in [4.78, 5) is 0. The van der Waals surface area contributed by atoms with Crippen LogP contribution in [0, 0.1) is 5.92 Å². The van der Waals surface area contributed by atoms with Crippen molar-refractivity contribution in [2.75, 3.05) is 0 Å². The molecule has 3 aromatic heterocycles. The monoisotopic (exact) mass is 341 g/mol. The molecule has 0 aliphatic heterocycles. The molecule has 8 heteroatoms. The van der Waals surface area contributed by atoms with E-state index >= 15 is 0 Å². The topological polar surface area (TPSA) is 96.6 Å². The van der Waals surface area contributed by atoms with Crippen LogP contribution >= 0.6 is 0 Å². The molecule has 132 valence electrons. The van der Waals surface area contributed by atoms with Crippen LogP contribution in [0.25, 0.3) is 11.4 Å². The van der Waals surface area contributed by atoms with Gasteiger partial charge in [0.15, 0.2) is 0 Å². The molecule has 25 heavy (non-hydrogen) atoms. The average molecular weight is 341 g/mol. The number of H-pyrrole nitrogens is 1. The van der Waals surface area contributed by atoms with Gasteiger partial charge in [-0.2, -0.15) is 15.3 Å². The van der Waals surface area contributed by atoms with Crippen molar-refractivity contribution in [1.29, 1.82) is 0 Å². The van der Waals surface area contributed by atoms with Crippen LogP contribution in [-0.2, 0) is 20.1 Å². The van der Waals surface area contributed by atoms with Crippen molar-refractivity contribution >= 4 is 0 Å². The summed E-state index contributed by atoms with van der Waals surface area (Å²) in [6, 6.07) is 3.98. The van der Waals surface area contributed by atoms with Crippen LogP contribution in [0.3, 0.4) is 0 Å². The standard InChI is InChI=1S/C17H23N7O/c1-23-15(3-5-20-23)17-13(10-19-22-17)9-18-14-7-12(8-16(14)25)11-24-6-2-4-21-24/h2-6,10,12,14,16,18,25H,7-9,11H2,1H3,(H,19,22)/t12?,14-,16-/m1/s1. The van der Waals surface area contributed by atoms with Gasteiger partial charge >= 0.3 is 0 Å². The fourth-order valence-corrected chi connectivity index (χ4v) is 3.69. The first-order valence-electron chi connectivity index (χ1n) is 8.60. The van der Waals surface area contributed by atoms with Crippen molar-refractivity contribution in [2.45, 2.75) is 38.1 Å². The molecule has 3 atom stereocenters. The van der Waals surface area contributed by atoms with Crippen LogP contribution in [0.5, 0.6) is 0 Å². The minimum absolute atomic E-state index is 0.0925. The smallest absolute Gasteiger partial charge is 0.0876 e. The van der Waals surface area contributed by atoms with E-state index in [1.165, 1.54) is 0 Å². The number of nitrogens with one attached hydrogen (secondary N) is 2. The van der Waals surface area contributed by atoms with Crippen LogP contribution in [0.4, 0.5) is 0 Å². The van der Waals surface area contributed by atoms with Gasteiger partial charge in [0.1, 0.15) is 0 Å². The van der Waals surface area contributed by atoms with Gasteiger partial charge in [0.05, 0.1) is 23.7 Å². The van der Waals surface area contributed by atoms with Crippen molar-refractivity contribution in [3.8, 4) is 11.4 Å². The summed E-state index contributed by atoms with van der Waals surface area (Å²) in [7, 11) is 1.91. The van der Waals surface area contributed by atoms with Gasteiger partial charge < -0.3 is 10.4 Å². The van der Waals surface area contributed by atoms with Gasteiger partial charge in [-0.15, -0.1) is 0 Å². The summed E-state index contributed by atoms with van der Waals surface area (Å²) in [5.41, 5.74) is 3.04. The predicted octanol–water partition coefficient (Wildman–Crippen LogP) is 0.936. The number of aryl methyl sites for hydroxylation is 1. The van der Waals surface area contributed by atoms with E-state index in [4.69, 9.17) is 0 Å². The lowest BCUT2D eigenvalue weighted by atomic mass is 10.1. The fraction of sp³-hybridized carbons (Fsp3) is 0.471. The number of aromatic nitrogens is 6. The zero-order valence-electron chi connectivity index (χ0n) is 14.2. The SMILES string of the molecule is Cn1nccc1-c1[nH]ncc1CN[C@@H]1CC(Cn2cccn2)C[C@H]1O. The van der Waals surface area contributed by atoms with Crippen LogP contribution in [-0.4, -0.2) is 47.0 Å². The van der Waals surface area contributed by atoms with E-state index in [0.29, 0.717) is 12.5 Å². The number of rotatable bonds is 6. The van der Waals surface area contributed by atoms with Crippen molar-refractivity contribution in [3.05, 3.63) is 42.5 Å². The second kappa shape index (κ2) is 6.81. The molecular formula is C17H23N7O. The molecule has 0 spiro atoms. The Hall–Kier alpha value is -2.45. The molecule has 1 aliphatic carbocycles. The quantitative estimate of drug-likeness (QED) is 0.620. The van der Waals surface area contributed by atoms with Gasteiger partial charge in [0, 0.05) is 50.3 Å². The molecule has 0 radical (unpaired) electrons. The Bertz CT molecular complexity index is 807. The number of nitrogens with zero attached hydrogens (tertiary/aromatic N) is 5. The lowest BCUT2D eigenvalue weighted by Crippen LogP contribution is -2.35. The highest BCUT2D eigenvalue weighted by molar-refractivity contribution is 5.58. The molecule has 8 nitrogen and oxygen atoms in total. The first-order chi connectivity index (χ1) is 12.2. The molecular weight excluding hydrogens is 318 g/mol. The second-order valence-corrected chi connectivity index (χ2v) is 6.73. The molecule has 3 N–H and O–H groups in total. The summed E-state index contributed by atoms with van der Waals surface area (Å²) in [6.45, 7) is 1.52. The van der Waals surface area contributed by atoms with E-state index in [1.807, 2.05) is 40.9 Å². The van der Waals surface area contributed by atoms with Gasteiger partial charge in [-0.3, -0.25) is 14.5 Å². The Morgan fingerprint density at radius 1 is 1.32 bits per heavy atom. The number of hydrogen-bond acceptors (Lipinski definition) is 5. The molecule has 0 aromatic carbocycles. The van der Waals surface area contributed by atoms with Crippen LogP contribution in [0.15, 0.2) is 36.9 Å². The third-order valence-electron chi connectivity index (χ3n) is 4.98. The maximum atomic E-state index is 10.4. The third kappa shape index (κ3) is 3.35. The highest BCUT2D eigenvalue weighted by Crippen LogP contribution is 2.28. The number of aromatic amines is 1. The average Bonchev–Trinajstić information content (AvgIpc) is 3.35. The summed E-state index contributed by atoms with van der Waals surface area (Å²) >= 11 is 0. The Kier molecular flexibility index (Phi) is 4.37. The van der Waals surface area contributed by atoms with Gasteiger partial charge in [0.25, 0.3) is 0 Å². The van der Waals surface area contributed by atoms with E-state index in [9.17, 15) is 5.11 Å². The Labute approximate surface area is 145 Å². The zero-order valence-corrected chi connectivity index (χ0v) is 14.2. The molecule has 3 heterocycles. The maximum absolute atomic E-state index is 10.4. The lowest BCUT2D eigenvalue weighted by Gasteiger charge is -2.16. The molecule has 1 saturated carbocycles. The number of aliphatic hydroxyl groups is 1. The largest absolute Gasteiger partial charge is 0.391 e. The fourth-order valence-electron chi connectivity index (χ4n) is 3.69. The summed E-state index contributed by atoms with van der Waals surface area (Å²) in [6.07, 6.45) is 8.79. The molecule has 0 saturated heterocycles. The highest BCUT2D eigenvalue weighted by Gasteiger charge is 2.33. The minimum Gasteiger partial charge on any atom is -0.391 e. The zero-order chi connectivity index (χ0) is 17.2. The molecule has 0 amide bonds. The second-order valence-electron chi connectivity index (χ2n) is 6.73. The molecule has 3 aromatic rings. The normalized spacial score (nSPS) is 23.4. The minimum atomic E-state index is -0.326. The van der Waals surface area contributed by atoms with E-state index in [1.54, 1.807) is 12.4 Å². The van der Waals surface area contributed by atoms with E-state index in [-0.39, 0.29) is 12.1 Å². The van der Waals surface area contributed by atoms with Crippen LogP contribution in [0.2, 0.25) is 0 Å². The van der Waals surface area contributed by atoms with Gasteiger partial charge in [-0.05, 0) is 30.9 Å². The molecule has 1 unspecified atom stereocenters. The van der Waals surface area contributed by atoms with Crippen molar-refractivity contribution in [3.63, 3.8) is 0 Å². The molecule has 4 rings (SSSR count). The summed E-state index contributed by atoms with van der Waals surface area (Å²) < 4.78 is 3.76. The van der Waals surface area contributed by atoms with Gasteiger partial charge in [0.2, 0.25) is 0 Å². The Balaban J connectivity index is 1.37. The van der Waals surface area contributed by atoms with Gasteiger partial charge in [-0.1, -0.05) is 0 Å². The van der Waals surface area contributed by atoms with E-state index < -0.39 is 0 Å². The first kappa shape index (κ1) is 16.0. The first-order valence-corrected chi connectivity index (χ1v) is 8.60. The van der Waals surface area contributed by atoms with Crippen molar-refractivity contribution < 1.29 is 5.11 Å². The molecule has 1 aliphatic rings. The van der Waals surface area contributed by atoms with Crippen LogP contribution < -0.4 is 5.32 Å². The van der Waals surface area contributed by atoms with Gasteiger partial charge in [-0.25, -0.2) is 0 Å². The summed E-state index contributed by atoms with van der Waals surface area (Å²) in [5.74, 6) is 0.438. The van der Waals surface area contributed by atoms with E-state index in [0.717, 1.165) is 36.3 Å². The molecule has 0 bridgehead atoms.